The lowest BCUT2D eigenvalue weighted by molar-refractivity contribution is -0.125. The van der Waals surface area contributed by atoms with E-state index in [1.165, 1.54) is 38.5 Å². The average Bonchev–Trinajstić information content (AvgIpc) is 3.01. The Balaban J connectivity index is 1.44. The highest BCUT2D eigenvalue weighted by Gasteiger charge is 2.39. The van der Waals surface area contributed by atoms with Gasteiger partial charge in [-0.3, -0.25) is 4.79 Å². The van der Waals surface area contributed by atoms with E-state index in [0.29, 0.717) is 11.8 Å². The van der Waals surface area contributed by atoms with Crippen molar-refractivity contribution in [2.75, 3.05) is 6.54 Å². The minimum atomic E-state index is 0.346. The summed E-state index contributed by atoms with van der Waals surface area (Å²) in [6, 6.07) is 0. The molecule has 16 heavy (non-hydrogen) atoms. The van der Waals surface area contributed by atoms with Crippen LogP contribution >= 0.6 is 0 Å². The van der Waals surface area contributed by atoms with Gasteiger partial charge in [0, 0.05) is 12.5 Å². The summed E-state index contributed by atoms with van der Waals surface area (Å²) in [7, 11) is 0. The largest absolute Gasteiger partial charge is 0.356 e. The number of carbonyl (C=O) groups excluding carboxylic acids is 1. The Labute approximate surface area is 98.2 Å². The molecule has 3 saturated carbocycles. The van der Waals surface area contributed by atoms with Crippen LogP contribution in [0, 0.1) is 23.7 Å². The van der Waals surface area contributed by atoms with Crippen LogP contribution in [0.15, 0.2) is 0 Å². The van der Waals surface area contributed by atoms with Crippen molar-refractivity contribution < 1.29 is 4.79 Å². The molecular weight excluding hydrogens is 198 g/mol. The fraction of sp³-hybridized carbons (Fsp3) is 0.929. The second kappa shape index (κ2) is 4.38. The zero-order valence-corrected chi connectivity index (χ0v) is 10.1. The Bertz CT molecular complexity index is 270. The number of fused-ring (bicyclic) bond motifs is 2. The van der Waals surface area contributed by atoms with E-state index in [2.05, 4.69) is 5.32 Å². The molecule has 1 N–H and O–H groups in total. The summed E-state index contributed by atoms with van der Waals surface area (Å²) in [5.74, 6) is 3.44. The molecule has 2 nitrogen and oxygen atoms in total. The first-order valence-corrected chi connectivity index (χ1v) is 7.10. The zero-order chi connectivity index (χ0) is 11.0. The number of hydrogen-bond acceptors (Lipinski definition) is 1. The van der Waals surface area contributed by atoms with E-state index in [9.17, 15) is 4.79 Å². The predicted octanol–water partition coefficient (Wildman–Crippen LogP) is 2.73. The molecule has 90 valence electrons. The van der Waals surface area contributed by atoms with Crippen LogP contribution in [0.4, 0.5) is 0 Å². The molecule has 0 aromatic heterocycles. The van der Waals surface area contributed by atoms with Crippen LogP contribution in [0.5, 0.6) is 0 Å². The van der Waals surface area contributed by atoms with Gasteiger partial charge in [0.25, 0.3) is 0 Å². The molecule has 2 heteroatoms. The number of rotatable bonds is 3. The van der Waals surface area contributed by atoms with Crippen LogP contribution in [0.3, 0.4) is 0 Å². The fourth-order valence-electron chi connectivity index (χ4n) is 4.19. The standard InChI is InChI=1S/C14H23NO/c16-14(11-3-1-2-4-11)15-9-13-8-10-5-6-12(13)7-10/h10-13H,1-9H2,(H,15,16). The smallest absolute Gasteiger partial charge is 0.223 e. The van der Waals surface area contributed by atoms with Crippen molar-refractivity contribution in [3.8, 4) is 0 Å². The maximum Gasteiger partial charge on any atom is 0.223 e. The van der Waals surface area contributed by atoms with E-state index in [1.54, 1.807) is 0 Å². The average molecular weight is 221 g/mol. The normalized spacial score (nSPS) is 38.1. The highest BCUT2D eigenvalue weighted by atomic mass is 16.1. The molecular formula is C14H23NO. The van der Waals surface area contributed by atoms with Gasteiger partial charge in [-0.25, -0.2) is 0 Å². The lowest BCUT2D eigenvalue weighted by Crippen LogP contribution is -2.35. The number of carbonyl (C=O) groups is 1. The molecule has 3 rings (SSSR count). The molecule has 3 aliphatic carbocycles. The summed E-state index contributed by atoms with van der Waals surface area (Å²) in [6.45, 7) is 0.969. The zero-order valence-electron chi connectivity index (χ0n) is 10.1. The van der Waals surface area contributed by atoms with E-state index in [0.717, 1.165) is 37.1 Å². The van der Waals surface area contributed by atoms with E-state index in [4.69, 9.17) is 0 Å². The number of amides is 1. The van der Waals surface area contributed by atoms with Gasteiger partial charge in [0.05, 0.1) is 0 Å². The van der Waals surface area contributed by atoms with E-state index in [-0.39, 0.29) is 0 Å². The van der Waals surface area contributed by atoms with Gasteiger partial charge in [-0.15, -0.1) is 0 Å². The topological polar surface area (TPSA) is 29.1 Å². The maximum atomic E-state index is 11.9. The number of hydrogen-bond donors (Lipinski definition) is 1. The summed E-state index contributed by atoms with van der Waals surface area (Å²) in [5.41, 5.74) is 0. The quantitative estimate of drug-likeness (QED) is 0.780. The molecule has 3 unspecified atom stereocenters. The highest BCUT2D eigenvalue weighted by molar-refractivity contribution is 5.78. The van der Waals surface area contributed by atoms with Crippen molar-refractivity contribution in [2.24, 2.45) is 23.7 Å². The minimum Gasteiger partial charge on any atom is -0.356 e. The first-order valence-electron chi connectivity index (χ1n) is 7.10. The van der Waals surface area contributed by atoms with Gasteiger partial charge in [-0.05, 0) is 49.9 Å². The van der Waals surface area contributed by atoms with Crippen LogP contribution in [0.2, 0.25) is 0 Å². The molecule has 0 aliphatic heterocycles. The van der Waals surface area contributed by atoms with Crippen LogP contribution in [-0.4, -0.2) is 12.5 Å². The Morgan fingerprint density at radius 3 is 2.50 bits per heavy atom. The third-order valence-electron chi connectivity index (χ3n) is 5.15. The van der Waals surface area contributed by atoms with Gasteiger partial charge in [0.1, 0.15) is 0 Å². The van der Waals surface area contributed by atoms with Crippen molar-refractivity contribution in [3.63, 3.8) is 0 Å². The minimum absolute atomic E-state index is 0.346. The molecule has 0 aromatic rings. The molecule has 3 aliphatic rings. The van der Waals surface area contributed by atoms with E-state index < -0.39 is 0 Å². The van der Waals surface area contributed by atoms with E-state index >= 15 is 0 Å². The predicted molar refractivity (Wildman–Crippen MR) is 63.9 cm³/mol. The van der Waals surface area contributed by atoms with Crippen molar-refractivity contribution >= 4 is 5.91 Å². The summed E-state index contributed by atoms with van der Waals surface area (Å²) in [4.78, 5) is 11.9. The second-order valence-corrected chi connectivity index (χ2v) is 6.16. The Morgan fingerprint density at radius 2 is 1.88 bits per heavy atom. The highest BCUT2D eigenvalue weighted by Crippen LogP contribution is 2.47. The summed E-state index contributed by atoms with van der Waals surface area (Å²) < 4.78 is 0. The third-order valence-corrected chi connectivity index (χ3v) is 5.15. The summed E-state index contributed by atoms with van der Waals surface area (Å²) in [5, 5.41) is 3.21. The van der Waals surface area contributed by atoms with Crippen LogP contribution in [0.25, 0.3) is 0 Å². The van der Waals surface area contributed by atoms with Gasteiger partial charge >= 0.3 is 0 Å². The molecule has 2 bridgehead atoms. The molecule has 0 spiro atoms. The van der Waals surface area contributed by atoms with Crippen molar-refractivity contribution in [2.45, 2.75) is 51.4 Å². The van der Waals surface area contributed by atoms with Crippen molar-refractivity contribution in [1.82, 2.24) is 5.32 Å². The first kappa shape index (κ1) is 10.6. The van der Waals surface area contributed by atoms with Gasteiger partial charge in [0.15, 0.2) is 0 Å². The monoisotopic (exact) mass is 221 g/mol. The van der Waals surface area contributed by atoms with Gasteiger partial charge in [-0.1, -0.05) is 19.3 Å². The molecule has 0 saturated heterocycles. The Morgan fingerprint density at radius 1 is 1.06 bits per heavy atom. The Hall–Kier alpha value is -0.530. The van der Waals surface area contributed by atoms with Crippen LogP contribution < -0.4 is 5.32 Å². The molecule has 3 atom stereocenters. The van der Waals surface area contributed by atoms with Crippen molar-refractivity contribution in [1.29, 1.82) is 0 Å². The fourth-order valence-corrected chi connectivity index (χ4v) is 4.19. The molecule has 0 heterocycles. The van der Waals surface area contributed by atoms with Crippen LogP contribution in [0.1, 0.15) is 51.4 Å². The van der Waals surface area contributed by atoms with E-state index in [1.807, 2.05) is 0 Å². The Kier molecular flexibility index (Phi) is 2.91. The third kappa shape index (κ3) is 1.99. The molecule has 1 amide bonds. The SMILES string of the molecule is O=C(NCC1CC2CCC1C2)C1CCCC1. The van der Waals surface area contributed by atoms with Crippen LogP contribution in [-0.2, 0) is 4.79 Å². The molecule has 0 radical (unpaired) electrons. The lowest BCUT2D eigenvalue weighted by Gasteiger charge is -2.22. The van der Waals surface area contributed by atoms with Gasteiger partial charge in [-0.2, -0.15) is 0 Å². The second-order valence-electron chi connectivity index (χ2n) is 6.16. The lowest BCUT2D eigenvalue weighted by atomic mass is 9.89. The summed E-state index contributed by atoms with van der Waals surface area (Å²) >= 11 is 0. The number of nitrogens with one attached hydrogen (secondary N) is 1. The van der Waals surface area contributed by atoms with Gasteiger partial charge < -0.3 is 5.32 Å². The van der Waals surface area contributed by atoms with Gasteiger partial charge in [0.2, 0.25) is 5.91 Å². The maximum absolute atomic E-state index is 11.9. The summed E-state index contributed by atoms with van der Waals surface area (Å²) in [6.07, 6.45) is 10.5. The molecule has 0 aromatic carbocycles. The molecule has 3 fully saturated rings. The van der Waals surface area contributed by atoms with Crippen molar-refractivity contribution in [3.05, 3.63) is 0 Å². The first-order chi connectivity index (χ1) is 7.83.